The van der Waals surface area contributed by atoms with Gasteiger partial charge in [-0.2, -0.15) is 5.10 Å². The van der Waals surface area contributed by atoms with Crippen LogP contribution in [0, 0.1) is 0 Å². The van der Waals surface area contributed by atoms with E-state index in [0.717, 1.165) is 5.69 Å². The zero-order chi connectivity index (χ0) is 13.7. The summed E-state index contributed by atoms with van der Waals surface area (Å²) in [6.45, 7) is 2.40. The minimum Gasteiger partial charge on any atom is -0.394 e. The van der Waals surface area contributed by atoms with Gasteiger partial charge in [-0.3, -0.25) is 4.68 Å². The smallest absolute Gasteiger partial charge is 0.0762 e. The van der Waals surface area contributed by atoms with E-state index in [4.69, 9.17) is 0 Å². The highest BCUT2D eigenvalue weighted by Crippen LogP contribution is 2.28. The normalized spacial score (nSPS) is 17.2. The molecule has 1 aliphatic carbocycles. The van der Waals surface area contributed by atoms with Gasteiger partial charge in [0.05, 0.1) is 30.5 Å². The highest BCUT2D eigenvalue weighted by Gasteiger charge is 2.26. The monoisotopic (exact) mass is 267 g/mol. The maximum atomic E-state index is 9.38. The van der Waals surface area contributed by atoms with Crippen molar-refractivity contribution in [1.29, 1.82) is 0 Å². The molecule has 0 aliphatic heterocycles. The van der Waals surface area contributed by atoms with Crippen LogP contribution < -0.4 is 5.32 Å². The summed E-state index contributed by atoms with van der Waals surface area (Å²) >= 11 is 0. The van der Waals surface area contributed by atoms with Crippen molar-refractivity contribution in [2.45, 2.75) is 57.2 Å². The lowest BCUT2D eigenvalue weighted by atomic mass is 9.98. The fourth-order valence-corrected chi connectivity index (χ4v) is 2.63. The Morgan fingerprint density at radius 1 is 1.37 bits per heavy atom. The molecule has 0 atom stereocenters. The summed E-state index contributed by atoms with van der Waals surface area (Å²) in [5.41, 5.74) is 0.364. The van der Waals surface area contributed by atoms with Crippen LogP contribution in [0.1, 0.15) is 50.8 Å². The van der Waals surface area contributed by atoms with Gasteiger partial charge < -0.3 is 15.5 Å². The van der Waals surface area contributed by atoms with Gasteiger partial charge in [-0.25, -0.2) is 0 Å². The molecular weight excluding hydrogens is 242 g/mol. The molecule has 1 heterocycles. The van der Waals surface area contributed by atoms with Crippen molar-refractivity contribution in [2.24, 2.45) is 0 Å². The number of hydrogen-bond donors (Lipinski definition) is 3. The fraction of sp³-hybridized carbons (Fsp3) is 0.786. The lowest BCUT2D eigenvalue weighted by Crippen LogP contribution is -2.50. The molecule has 1 aliphatic rings. The molecule has 0 spiro atoms. The first-order valence-electron chi connectivity index (χ1n) is 7.24. The van der Waals surface area contributed by atoms with Gasteiger partial charge in [0.25, 0.3) is 0 Å². The van der Waals surface area contributed by atoms with Crippen LogP contribution >= 0.6 is 0 Å². The zero-order valence-corrected chi connectivity index (χ0v) is 11.7. The number of hydrogen-bond acceptors (Lipinski definition) is 4. The standard InChI is InChI=1S/C14H25N3O2/c1-2-14(10-18,11-19)15-9-12-7-8-17(16-12)13-5-3-4-6-13/h7-8,13,15,18-19H,2-6,9-11H2,1H3. The summed E-state index contributed by atoms with van der Waals surface area (Å²) in [4.78, 5) is 0. The summed E-state index contributed by atoms with van der Waals surface area (Å²) in [7, 11) is 0. The number of aliphatic hydroxyl groups excluding tert-OH is 2. The van der Waals surface area contributed by atoms with Gasteiger partial charge in [0.2, 0.25) is 0 Å². The maximum absolute atomic E-state index is 9.38. The summed E-state index contributed by atoms with van der Waals surface area (Å²) in [5, 5.41) is 26.6. The van der Waals surface area contributed by atoms with Gasteiger partial charge in [0.1, 0.15) is 0 Å². The lowest BCUT2D eigenvalue weighted by molar-refractivity contribution is 0.0860. The Morgan fingerprint density at radius 3 is 2.63 bits per heavy atom. The van der Waals surface area contributed by atoms with Crippen LogP contribution in [0.3, 0.4) is 0 Å². The van der Waals surface area contributed by atoms with E-state index in [-0.39, 0.29) is 13.2 Å². The summed E-state index contributed by atoms with van der Waals surface area (Å²) < 4.78 is 2.07. The third kappa shape index (κ3) is 3.35. The number of nitrogens with one attached hydrogen (secondary N) is 1. The molecule has 3 N–H and O–H groups in total. The van der Waals surface area contributed by atoms with E-state index in [2.05, 4.69) is 15.1 Å². The van der Waals surface area contributed by atoms with Crippen LogP contribution in [-0.2, 0) is 6.54 Å². The van der Waals surface area contributed by atoms with Crippen molar-refractivity contribution in [2.75, 3.05) is 13.2 Å². The SMILES string of the molecule is CCC(CO)(CO)NCc1ccn(C2CCCC2)n1. The Kier molecular flexibility index (Phi) is 4.96. The molecule has 1 saturated carbocycles. The Labute approximate surface area is 114 Å². The van der Waals surface area contributed by atoms with Crippen molar-refractivity contribution >= 4 is 0 Å². The fourth-order valence-electron chi connectivity index (χ4n) is 2.63. The van der Waals surface area contributed by atoms with Gasteiger partial charge in [-0.05, 0) is 25.3 Å². The molecule has 5 nitrogen and oxygen atoms in total. The van der Waals surface area contributed by atoms with Gasteiger partial charge in [-0.1, -0.05) is 19.8 Å². The number of aliphatic hydroxyl groups is 2. The first-order valence-corrected chi connectivity index (χ1v) is 7.24. The minimum atomic E-state index is -0.600. The Hall–Kier alpha value is -0.910. The van der Waals surface area contributed by atoms with Crippen molar-refractivity contribution in [3.8, 4) is 0 Å². The second-order valence-corrected chi connectivity index (χ2v) is 5.53. The highest BCUT2D eigenvalue weighted by atomic mass is 16.3. The van der Waals surface area contributed by atoms with E-state index in [9.17, 15) is 10.2 Å². The van der Waals surface area contributed by atoms with Gasteiger partial charge in [0.15, 0.2) is 0 Å². The molecule has 1 aromatic heterocycles. The quantitative estimate of drug-likeness (QED) is 0.695. The summed E-state index contributed by atoms with van der Waals surface area (Å²) in [6.07, 6.45) is 7.77. The molecule has 108 valence electrons. The largest absolute Gasteiger partial charge is 0.394 e. The van der Waals surface area contributed by atoms with Crippen LogP contribution in [0.2, 0.25) is 0 Å². The first kappa shape index (κ1) is 14.5. The molecule has 0 saturated heterocycles. The van der Waals surface area contributed by atoms with Gasteiger partial charge in [0, 0.05) is 12.7 Å². The van der Waals surface area contributed by atoms with Gasteiger partial charge >= 0.3 is 0 Å². The number of aromatic nitrogens is 2. The van der Waals surface area contributed by atoms with Crippen molar-refractivity contribution in [1.82, 2.24) is 15.1 Å². The van der Waals surface area contributed by atoms with Crippen LogP contribution in [0.15, 0.2) is 12.3 Å². The van der Waals surface area contributed by atoms with Gasteiger partial charge in [-0.15, -0.1) is 0 Å². The Balaban J connectivity index is 1.92. The van der Waals surface area contributed by atoms with E-state index in [0.29, 0.717) is 19.0 Å². The topological polar surface area (TPSA) is 70.3 Å². The molecule has 0 aromatic carbocycles. The average Bonchev–Trinajstić information content (AvgIpc) is 3.12. The zero-order valence-electron chi connectivity index (χ0n) is 11.7. The van der Waals surface area contributed by atoms with Crippen LogP contribution in [0.4, 0.5) is 0 Å². The predicted molar refractivity (Wildman–Crippen MR) is 73.8 cm³/mol. The van der Waals surface area contributed by atoms with Crippen molar-refractivity contribution < 1.29 is 10.2 Å². The van der Waals surface area contributed by atoms with Crippen LogP contribution in [0.5, 0.6) is 0 Å². The Morgan fingerprint density at radius 2 is 2.05 bits per heavy atom. The second-order valence-electron chi connectivity index (χ2n) is 5.53. The molecular formula is C14H25N3O2. The molecule has 0 bridgehead atoms. The van der Waals surface area contributed by atoms with E-state index in [1.807, 2.05) is 19.2 Å². The van der Waals surface area contributed by atoms with Crippen LogP contribution in [-0.4, -0.2) is 38.7 Å². The van der Waals surface area contributed by atoms with Crippen LogP contribution in [0.25, 0.3) is 0 Å². The average molecular weight is 267 g/mol. The predicted octanol–water partition coefficient (Wildman–Crippen LogP) is 1.22. The number of rotatable bonds is 7. The van der Waals surface area contributed by atoms with E-state index < -0.39 is 5.54 Å². The maximum Gasteiger partial charge on any atom is 0.0762 e. The molecule has 1 fully saturated rings. The third-order valence-corrected chi connectivity index (χ3v) is 4.29. The van der Waals surface area contributed by atoms with Crippen molar-refractivity contribution in [3.05, 3.63) is 18.0 Å². The lowest BCUT2D eigenvalue weighted by Gasteiger charge is -2.29. The van der Waals surface area contributed by atoms with E-state index in [1.54, 1.807) is 0 Å². The molecule has 0 radical (unpaired) electrons. The highest BCUT2D eigenvalue weighted by molar-refractivity contribution is 5.01. The third-order valence-electron chi connectivity index (χ3n) is 4.29. The molecule has 0 amide bonds. The van der Waals surface area contributed by atoms with E-state index >= 15 is 0 Å². The second kappa shape index (κ2) is 6.50. The minimum absolute atomic E-state index is 0.0661. The molecule has 2 rings (SSSR count). The van der Waals surface area contributed by atoms with Crippen molar-refractivity contribution in [3.63, 3.8) is 0 Å². The molecule has 5 heteroatoms. The number of nitrogens with zero attached hydrogens (tertiary/aromatic N) is 2. The van der Waals surface area contributed by atoms with E-state index in [1.165, 1.54) is 25.7 Å². The summed E-state index contributed by atoms with van der Waals surface area (Å²) in [6, 6.07) is 2.57. The first-order chi connectivity index (χ1) is 9.23. The molecule has 1 aromatic rings. The summed E-state index contributed by atoms with van der Waals surface area (Å²) in [5.74, 6) is 0. The molecule has 19 heavy (non-hydrogen) atoms. The Bertz CT molecular complexity index is 374. The molecule has 0 unspecified atom stereocenters.